The minimum absolute atomic E-state index is 0.0463. The molecule has 2 fully saturated rings. The molecule has 5 rings (SSSR count). The molecule has 0 radical (unpaired) electrons. The van der Waals surface area contributed by atoms with E-state index < -0.39 is 0 Å². The molecule has 1 amide bonds. The third-order valence-corrected chi connectivity index (χ3v) is 7.31. The van der Waals surface area contributed by atoms with E-state index in [0.717, 1.165) is 56.5 Å². The Morgan fingerprint density at radius 3 is 2.50 bits per heavy atom. The van der Waals surface area contributed by atoms with E-state index in [0.29, 0.717) is 12.2 Å². The average Bonchev–Trinajstić information content (AvgIpc) is 3.35. The SMILES string of the molecule is CC(=O)OC1CCCCC1n1cnc(C(=O)N2CCNC[C@H]2Cc2ccccc2)c1-c1ccccc1. The molecule has 2 aliphatic rings. The summed E-state index contributed by atoms with van der Waals surface area (Å²) in [5, 5.41) is 3.45. The number of carbonyl (C=O) groups excluding carboxylic acids is 2. The zero-order valence-electron chi connectivity index (χ0n) is 20.8. The molecular weight excluding hydrogens is 452 g/mol. The first-order valence-corrected chi connectivity index (χ1v) is 13.0. The van der Waals surface area contributed by atoms with Crippen molar-refractivity contribution in [1.82, 2.24) is 19.8 Å². The summed E-state index contributed by atoms with van der Waals surface area (Å²) in [6, 6.07) is 20.3. The Hall–Kier alpha value is -3.45. The van der Waals surface area contributed by atoms with Gasteiger partial charge in [-0.25, -0.2) is 4.98 Å². The number of hydrogen-bond donors (Lipinski definition) is 1. The van der Waals surface area contributed by atoms with E-state index in [9.17, 15) is 9.59 Å². The summed E-state index contributed by atoms with van der Waals surface area (Å²) >= 11 is 0. The van der Waals surface area contributed by atoms with Gasteiger partial charge in [0.05, 0.1) is 18.1 Å². The Morgan fingerprint density at radius 2 is 1.75 bits per heavy atom. The monoisotopic (exact) mass is 486 g/mol. The predicted molar refractivity (Wildman–Crippen MR) is 139 cm³/mol. The van der Waals surface area contributed by atoms with Gasteiger partial charge in [-0.05, 0) is 31.2 Å². The number of ether oxygens (including phenoxy) is 1. The van der Waals surface area contributed by atoms with Gasteiger partial charge in [-0.1, -0.05) is 67.1 Å². The van der Waals surface area contributed by atoms with Crippen LogP contribution in [0.1, 0.15) is 54.7 Å². The van der Waals surface area contributed by atoms with Crippen molar-refractivity contribution >= 4 is 11.9 Å². The Kier molecular flexibility index (Phi) is 7.47. The van der Waals surface area contributed by atoms with E-state index >= 15 is 0 Å². The summed E-state index contributed by atoms with van der Waals surface area (Å²) in [5.41, 5.74) is 3.43. The lowest BCUT2D eigenvalue weighted by Gasteiger charge is -2.36. The minimum atomic E-state index is -0.269. The third kappa shape index (κ3) is 5.21. The molecule has 2 heterocycles. The Bertz CT molecular complexity index is 1180. The number of piperazine rings is 1. The molecule has 1 aliphatic carbocycles. The maximum Gasteiger partial charge on any atom is 0.302 e. The van der Waals surface area contributed by atoms with Crippen LogP contribution in [0, 0.1) is 0 Å². The van der Waals surface area contributed by atoms with Crippen molar-refractivity contribution in [2.45, 2.75) is 57.2 Å². The molecule has 1 N–H and O–H groups in total. The number of benzene rings is 2. The Labute approximate surface area is 212 Å². The van der Waals surface area contributed by atoms with Crippen LogP contribution >= 0.6 is 0 Å². The Balaban J connectivity index is 1.51. The first kappa shape index (κ1) is 24.3. The molecule has 36 heavy (non-hydrogen) atoms. The highest BCUT2D eigenvalue weighted by atomic mass is 16.5. The van der Waals surface area contributed by atoms with E-state index in [1.54, 1.807) is 6.33 Å². The van der Waals surface area contributed by atoms with Crippen LogP contribution in [0.3, 0.4) is 0 Å². The van der Waals surface area contributed by atoms with Crippen LogP contribution in [0.15, 0.2) is 67.0 Å². The zero-order valence-corrected chi connectivity index (χ0v) is 20.8. The fourth-order valence-corrected chi connectivity index (χ4v) is 5.63. The molecule has 1 aromatic heterocycles. The molecule has 1 saturated heterocycles. The van der Waals surface area contributed by atoms with Crippen molar-refractivity contribution in [3.05, 3.63) is 78.2 Å². The standard InChI is InChI=1S/C29H34N4O3/c1-21(34)36-26-15-9-8-14-25(26)33-20-31-27(28(33)23-12-6-3-7-13-23)29(35)32-17-16-30-19-24(32)18-22-10-4-2-5-11-22/h2-7,10-13,20,24-26,30H,8-9,14-19H2,1H3/t24-,25?,26?/m1/s1. The lowest BCUT2D eigenvalue weighted by molar-refractivity contribution is -0.150. The van der Waals surface area contributed by atoms with Crippen molar-refractivity contribution in [3.8, 4) is 11.3 Å². The summed E-state index contributed by atoms with van der Waals surface area (Å²) in [6.07, 6.45) is 6.12. The molecule has 2 aromatic carbocycles. The summed E-state index contributed by atoms with van der Waals surface area (Å²) in [5.74, 6) is -0.316. The number of aromatic nitrogens is 2. The summed E-state index contributed by atoms with van der Waals surface area (Å²) in [6.45, 7) is 3.61. The van der Waals surface area contributed by atoms with Gasteiger partial charge in [0.25, 0.3) is 5.91 Å². The molecule has 2 unspecified atom stereocenters. The molecule has 3 atom stereocenters. The second-order valence-electron chi connectivity index (χ2n) is 9.76. The van der Waals surface area contributed by atoms with Crippen LogP contribution in [0.4, 0.5) is 0 Å². The normalized spacial score (nSPS) is 22.2. The molecule has 3 aromatic rings. The maximum absolute atomic E-state index is 14.1. The van der Waals surface area contributed by atoms with Gasteiger partial charge in [-0.15, -0.1) is 0 Å². The van der Waals surface area contributed by atoms with Crippen LogP contribution in [0.25, 0.3) is 11.3 Å². The highest BCUT2D eigenvalue weighted by molar-refractivity contribution is 5.98. The van der Waals surface area contributed by atoms with Crippen molar-refractivity contribution in [2.75, 3.05) is 19.6 Å². The van der Waals surface area contributed by atoms with E-state index in [1.165, 1.54) is 12.5 Å². The van der Waals surface area contributed by atoms with Crippen molar-refractivity contribution in [1.29, 1.82) is 0 Å². The number of rotatable bonds is 6. The number of amides is 1. The third-order valence-electron chi connectivity index (χ3n) is 7.31. The second kappa shape index (κ2) is 11.1. The van der Waals surface area contributed by atoms with Crippen LogP contribution in [-0.2, 0) is 16.0 Å². The highest BCUT2D eigenvalue weighted by Gasteiger charge is 2.35. The molecule has 1 saturated carbocycles. The van der Waals surface area contributed by atoms with Gasteiger partial charge in [0.1, 0.15) is 6.10 Å². The summed E-state index contributed by atoms with van der Waals surface area (Å²) < 4.78 is 7.81. The van der Waals surface area contributed by atoms with Crippen molar-refractivity contribution in [2.24, 2.45) is 0 Å². The van der Waals surface area contributed by atoms with Crippen LogP contribution in [0.5, 0.6) is 0 Å². The van der Waals surface area contributed by atoms with Crippen LogP contribution in [0.2, 0.25) is 0 Å². The minimum Gasteiger partial charge on any atom is -0.460 e. The number of hydrogen-bond acceptors (Lipinski definition) is 5. The quantitative estimate of drug-likeness (QED) is 0.527. The first-order valence-electron chi connectivity index (χ1n) is 13.0. The van der Waals surface area contributed by atoms with Crippen LogP contribution < -0.4 is 5.32 Å². The lowest BCUT2D eigenvalue weighted by atomic mass is 9.91. The summed E-state index contributed by atoms with van der Waals surface area (Å²) in [7, 11) is 0. The molecule has 188 valence electrons. The van der Waals surface area contributed by atoms with Crippen molar-refractivity contribution in [3.63, 3.8) is 0 Å². The fourth-order valence-electron chi connectivity index (χ4n) is 5.63. The topological polar surface area (TPSA) is 76.5 Å². The molecule has 0 spiro atoms. The van der Waals surface area contributed by atoms with Crippen LogP contribution in [-0.4, -0.2) is 58.1 Å². The van der Waals surface area contributed by atoms with Crippen molar-refractivity contribution < 1.29 is 14.3 Å². The molecule has 1 aliphatic heterocycles. The predicted octanol–water partition coefficient (Wildman–Crippen LogP) is 4.25. The fraction of sp³-hybridized carbons (Fsp3) is 0.414. The van der Waals surface area contributed by atoms with Gasteiger partial charge in [0.2, 0.25) is 0 Å². The number of imidazole rings is 1. The molecular formula is C29H34N4O3. The van der Waals surface area contributed by atoms with Gasteiger partial charge in [-0.3, -0.25) is 9.59 Å². The maximum atomic E-state index is 14.1. The second-order valence-corrected chi connectivity index (χ2v) is 9.76. The number of nitrogens with one attached hydrogen (secondary N) is 1. The van der Waals surface area contributed by atoms with Gasteiger partial charge in [0.15, 0.2) is 5.69 Å². The highest BCUT2D eigenvalue weighted by Crippen LogP contribution is 2.36. The van der Waals surface area contributed by atoms with E-state index in [1.807, 2.05) is 53.4 Å². The zero-order chi connectivity index (χ0) is 24.9. The van der Waals surface area contributed by atoms with Gasteiger partial charge in [0, 0.05) is 38.2 Å². The van der Waals surface area contributed by atoms with E-state index in [4.69, 9.17) is 9.72 Å². The molecule has 0 bridgehead atoms. The van der Waals surface area contributed by atoms with Gasteiger partial charge < -0.3 is 19.5 Å². The number of nitrogens with zero attached hydrogens (tertiary/aromatic N) is 3. The first-order chi connectivity index (χ1) is 17.6. The molecule has 7 nitrogen and oxygen atoms in total. The van der Waals surface area contributed by atoms with E-state index in [2.05, 4.69) is 22.0 Å². The average molecular weight is 487 g/mol. The van der Waals surface area contributed by atoms with Gasteiger partial charge >= 0.3 is 5.97 Å². The molecule has 7 heteroatoms. The Morgan fingerprint density at radius 1 is 1.03 bits per heavy atom. The smallest absolute Gasteiger partial charge is 0.302 e. The largest absolute Gasteiger partial charge is 0.460 e. The number of esters is 1. The number of carbonyl (C=O) groups is 2. The van der Waals surface area contributed by atoms with Gasteiger partial charge in [-0.2, -0.15) is 0 Å². The summed E-state index contributed by atoms with van der Waals surface area (Å²) in [4.78, 5) is 32.6. The lowest BCUT2D eigenvalue weighted by Crippen LogP contribution is -2.54. The van der Waals surface area contributed by atoms with E-state index in [-0.39, 0.29) is 30.1 Å².